The number of aryl methyl sites for hydroxylation is 2. The van der Waals surface area contributed by atoms with Crippen LogP contribution in [0.1, 0.15) is 68.7 Å². The minimum atomic E-state index is -0.784. The maximum Gasteiger partial charge on any atom is 0.329 e. The molecule has 1 fully saturated rings. The number of nitrogens with one attached hydrogen (secondary N) is 1. The predicted octanol–water partition coefficient (Wildman–Crippen LogP) is 4.42. The molecule has 3 heterocycles. The fourth-order valence-electron chi connectivity index (χ4n) is 5.76. The van der Waals surface area contributed by atoms with Gasteiger partial charge in [-0.1, -0.05) is 32.1 Å². The third-order valence-corrected chi connectivity index (χ3v) is 9.87. The van der Waals surface area contributed by atoms with Gasteiger partial charge in [0.05, 0.1) is 16.7 Å². The van der Waals surface area contributed by atoms with Crippen LogP contribution in [0.25, 0.3) is 11.0 Å². The van der Waals surface area contributed by atoms with Crippen LogP contribution in [-0.4, -0.2) is 52.6 Å². The molecular weight excluding hydrogens is 470 g/mol. The SMILES string of the molecule is Cc1[nH]c(C2C=CC([S+]([O-])CC(C)C)CC2)nc1CN1CCC(n2c(=O)n(C)c3ccccc32)CC1. The molecule has 3 unspecified atom stereocenters. The molecule has 0 amide bonds. The lowest BCUT2D eigenvalue weighted by atomic mass is 9.95. The van der Waals surface area contributed by atoms with Crippen LogP contribution in [-0.2, 0) is 24.8 Å². The molecule has 0 radical (unpaired) electrons. The van der Waals surface area contributed by atoms with Gasteiger partial charge in [-0.05, 0) is 67.9 Å². The third kappa shape index (κ3) is 5.08. The summed E-state index contributed by atoms with van der Waals surface area (Å²) in [5.41, 5.74) is 4.37. The van der Waals surface area contributed by atoms with Crippen molar-refractivity contribution < 1.29 is 4.55 Å². The summed E-state index contributed by atoms with van der Waals surface area (Å²) in [7, 11) is 1.86. The fraction of sp³-hybridized carbons (Fsp3) is 0.571. The fourth-order valence-corrected chi connectivity index (χ4v) is 7.33. The highest BCUT2D eigenvalue weighted by Crippen LogP contribution is 2.31. The molecule has 0 bridgehead atoms. The lowest BCUT2D eigenvalue weighted by molar-refractivity contribution is 0.177. The van der Waals surface area contributed by atoms with Crippen LogP contribution in [0.4, 0.5) is 0 Å². The number of H-pyrrole nitrogens is 1. The Balaban J connectivity index is 1.20. The smallest absolute Gasteiger partial charge is 0.329 e. The standard InChI is InChI=1S/C28H39N5O2S/c1-19(2)18-36(35)23-11-9-21(10-12-23)27-29-20(3)24(30-27)17-32-15-13-22(14-16-32)33-26-8-6-5-7-25(26)31(4)28(33)34/h5-9,11,19,21-23H,10,12-18H2,1-4H3,(H,29,30). The van der Waals surface area contributed by atoms with Crippen LogP contribution in [0.3, 0.4) is 0 Å². The van der Waals surface area contributed by atoms with E-state index in [1.165, 1.54) is 0 Å². The van der Waals surface area contributed by atoms with Crippen molar-refractivity contribution in [3.8, 4) is 0 Å². The summed E-state index contributed by atoms with van der Waals surface area (Å²) in [4.78, 5) is 23.9. The van der Waals surface area contributed by atoms with E-state index in [0.717, 1.165) is 79.3 Å². The highest BCUT2D eigenvalue weighted by Gasteiger charge is 2.29. The molecule has 3 aromatic rings. The molecule has 1 aliphatic heterocycles. The van der Waals surface area contributed by atoms with Gasteiger partial charge in [-0.3, -0.25) is 14.0 Å². The van der Waals surface area contributed by atoms with Crippen molar-refractivity contribution in [2.45, 2.75) is 70.2 Å². The first-order valence-electron chi connectivity index (χ1n) is 13.3. The summed E-state index contributed by atoms with van der Waals surface area (Å²) in [5.74, 6) is 2.54. The van der Waals surface area contributed by atoms with Crippen molar-refractivity contribution in [2.24, 2.45) is 13.0 Å². The van der Waals surface area contributed by atoms with Crippen molar-refractivity contribution >= 4 is 22.2 Å². The Kier molecular flexibility index (Phi) is 7.47. The minimum absolute atomic E-state index is 0.0817. The quantitative estimate of drug-likeness (QED) is 0.378. The number of fused-ring (bicyclic) bond motifs is 1. The van der Waals surface area contributed by atoms with Gasteiger partial charge in [0.2, 0.25) is 0 Å². The Hall–Kier alpha value is -2.29. The van der Waals surface area contributed by atoms with E-state index in [9.17, 15) is 9.35 Å². The molecule has 194 valence electrons. The van der Waals surface area contributed by atoms with Crippen molar-refractivity contribution in [3.05, 3.63) is 64.1 Å². The molecule has 7 nitrogen and oxygen atoms in total. The van der Waals surface area contributed by atoms with E-state index in [-0.39, 0.29) is 22.9 Å². The number of allylic oxidation sites excluding steroid dienone is 1. The number of hydrogen-bond donors (Lipinski definition) is 1. The van der Waals surface area contributed by atoms with Crippen molar-refractivity contribution in [1.82, 2.24) is 24.0 Å². The molecule has 2 aromatic heterocycles. The second kappa shape index (κ2) is 10.6. The van der Waals surface area contributed by atoms with E-state index < -0.39 is 11.2 Å². The summed E-state index contributed by atoms with van der Waals surface area (Å²) < 4.78 is 16.3. The molecule has 5 rings (SSSR count). The lowest BCUT2D eigenvalue weighted by Crippen LogP contribution is -2.37. The number of piperidine rings is 1. The molecular formula is C28H39N5O2S. The zero-order valence-corrected chi connectivity index (χ0v) is 22.8. The Morgan fingerprint density at radius 1 is 1.11 bits per heavy atom. The van der Waals surface area contributed by atoms with E-state index >= 15 is 0 Å². The van der Waals surface area contributed by atoms with Crippen LogP contribution in [0, 0.1) is 12.8 Å². The lowest BCUT2D eigenvalue weighted by Gasteiger charge is -2.32. The Morgan fingerprint density at radius 3 is 2.50 bits per heavy atom. The topological polar surface area (TPSA) is 81.9 Å². The number of likely N-dealkylation sites (tertiary alicyclic amines) is 1. The number of hydrogen-bond acceptors (Lipinski definition) is 4. The Morgan fingerprint density at radius 2 is 1.83 bits per heavy atom. The molecule has 0 saturated carbocycles. The van der Waals surface area contributed by atoms with E-state index in [1.807, 2.05) is 29.8 Å². The van der Waals surface area contributed by atoms with Gasteiger partial charge < -0.3 is 9.54 Å². The van der Waals surface area contributed by atoms with Gasteiger partial charge in [0.1, 0.15) is 16.8 Å². The normalized spacial score (nSPS) is 22.6. The number of rotatable bonds is 7. The van der Waals surface area contributed by atoms with Crippen LogP contribution in [0.2, 0.25) is 0 Å². The van der Waals surface area contributed by atoms with Crippen molar-refractivity contribution in [3.63, 3.8) is 0 Å². The maximum absolute atomic E-state index is 12.9. The Labute approximate surface area is 216 Å². The van der Waals surface area contributed by atoms with Crippen molar-refractivity contribution in [1.29, 1.82) is 0 Å². The number of nitrogens with zero attached hydrogens (tertiary/aromatic N) is 4. The molecule has 1 aliphatic carbocycles. The summed E-state index contributed by atoms with van der Waals surface area (Å²) in [5, 5.41) is 0.176. The highest BCUT2D eigenvalue weighted by atomic mass is 32.2. The first-order chi connectivity index (χ1) is 17.3. The zero-order chi connectivity index (χ0) is 25.4. The number of para-hydroxylation sites is 2. The second-order valence-corrected chi connectivity index (χ2v) is 12.7. The number of aromatic amines is 1. The van der Waals surface area contributed by atoms with Gasteiger partial charge in [0, 0.05) is 44.3 Å². The zero-order valence-electron chi connectivity index (χ0n) is 21.9. The van der Waals surface area contributed by atoms with E-state index in [1.54, 1.807) is 4.57 Å². The summed E-state index contributed by atoms with van der Waals surface area (Å²) in [6, 6.07) is 8.31. The number of imidazole rings is 2. The number of benzene rings is 1. The molecule has 3 atom stereocenters. The summed E-state index contributed by atoms with van der Waals surface area (Å²) in [6.07, 6.45) is 8.24. The first-order valence-corrected chi connectivity index (χ1v) is 14.7. The van der Waals surface area contributed by atoms with Crippen LogP contribution in [0.15, 0.2) is 41.2 Å². The van der Waals surface area contributed by atoms with E-state index in [4.69, 9.17) is 4.98 Å². The Bertz CT molecular complexity index is 1280. The van der Waals surface area contributed by atoms with Gasteiger partial charge in [-0.25, -0.2) is 9.78 Å². The van der Waals surface area contributed by atoms with E-state index in [0.29, 0.717) is 5.92 Å². The third-order valence-electron chi connectivity index (χ3n) is 7.80. The van der Waals surface area contributed by atoms with Gasteiger partial charge >= 0.3 is 5.69 Å². The molecule has 36 heavy (non-hydrogen) atoms. The second-order valence-electron chi connectivity index (χ2n) is 10.9. The average Bonchev–Trinajstić information content (AvgIpc) is 3.36. The van der Waals surface area contributed by atoms with Gasteiger partial charge in [0.25, 0.3) is 0 Å². The van der Waals surface area contributed by atoms with Crippen LogP contribution >= 0.6 is 0 Å². The average molecular weight is 510 g/mol. The minimum Gasteiger partial charge on any atom is -0.616 e. The molecule has 0 spiro atoms. The van der Waals surface area contributed by atoms with E-state index in [2.05, 4.69) is 48.9 Å². The summed E-state index contributed by atoms with van der Waals surface area (Å²) in [6.45, 7) is 9.11. The van der Waals surface area contributed by atoms with Crippen LogP contribution < -0.4 is 5.69 Å². The molecule has 8 heteroatoms. The highest BCUT2D eigenvalue weighted by molar-refractivity contribution is 7.92. The van der Waals surface area contributed by atoms with Gasteiger partial charge in [0.15, 0.2) is 0 Å². The van der Waals surface area contributed by atoms with Gasteiger partial charge in [-0.2, -0.15) is 0 Å². The van der Waals surface area contributed by atoms with Gasteiger partial charge in [-0.15, -0.1) is 0 Å². The molecule has 1 saturated heterocycles. The summed E-state index contributed by atoms with van der Waals surface area (Å²) >= 11 is -0.784. The molecule has 1 aromatic carbocycles. The van der Waals surface area contributed by atoms with Crippen LogP contribution in [0.5, 0.6) is 0 Å². The number of aromatic nitrogens is 4. The molecule has 2 aliphatic rings. The largest absolute Gasteiger partial charge is 0.616 e. The molecule has 1 N–H and O–H groups in total. The monoisotopic (exact) mass is 509 g/mol. The van der Waals surface area contributed by atoms with Crippen molar-refractivity contribution in [2.75, 3.05) is 18.8 Å². The maximum atomic E-state index is 12.9. The first kappa shape index (κ1) is 25.4. The predicted molar refractivity (Wildman–Crippen MR) is 147 cm³/mol.